The molecule has 0 saturated carbocycles. The van der Waals surface area contributed by atoms with Gasteiger partial charge in [0.15, 0.2) is 11.5 Å². The molecule has 1 rings (SSSR count). The van der Waals surface area contributed by atoms with E-state index in [0.717, 1.165) is 23.5 Å². The average molecular weight is 250 g/mol. The summed E-state index contributed by atoms with van der Waals surface area (Å²) in [6.45, 7) is 7.02. The first-order valence-electron chi connectivity index (χ1n) is 6.61. The Morgan fingerprint density at radius 2 is 1.72 bits per heavy atom. The third kappa shape index (κ3) is 4.40. The molecule has 0 spiro atoms. The highest BCUT2D eigenvalue weighted by atomic mass is 16.5. The molecule has 0 aliphatic rings. The molecule has 0 radical (unpaired) electrons. The van der Waals surface area contributed by atoms with Gasteiger partial charge in [-0.3, -0.25) is 4.79 Å². The van der Waals surface area contributed by atoms with E-state index in [1.807, 2.05) is 39.0 Å². The molecular weight excluding hydrogens is 228 g/mol. The molecule has 0 amide bonds. The first-order valence-corrected chi connectivity index (χ1v) is 6.61. The number of carbonyl (C=O) groups excluding carboxylic acids is 1. The minimum atomic E-state index is 0.293. The SMILES string of the molecule is CCOc1ccc(CCC(=O)CC)cc1OCC. The van der Waals surface area contributed by atoms with Crippen LogP contribution >= 0.6 is 0 Å². The van der Waals surface area contributed by atoms with Crippen LogP contribution in [-0.4, -0.2) is 19.0 Å². The van der Waals surface area contributed by atoms with Gasteiger partial charge in [0.05, 0.1) is 13.2 Å². The zero-order valence-corrected chi connectivity index (χ0v) is 11.5. The summed E-state index contributed by atoms with van der Waals surface area (Å²) < 4.78 is 11.1. The summed E-state index contributed by atoms with van der Waals surface area (Å²) in [6, 6.07) is 5.88. The Morgan fingerprint density at radius 3 is 2.33 bits per heavy atom. The van der Waals surface area contributed by atoms with Gasteiger partial charge in [-0.1, -0.05) is 13.0 Å². The Labute approximate surface area is 109 Å². The molecule has 1 aromatic rings. The summed E-state index contributed by atoms with van der Waals surface area (Å²) >= 11 is 0. The summed E-state index contributed by atoms with van der Waals surface area (Å²) in [5.74, 6) is 1.83. The van der Waals surface area contributed by atoms with Crippen LogP contribution in [0.5, 0.6) is 11.5 Å². The van der Waals surface area contributed by atoms with E-state index in [9.17, 15) is 4.79 Å². The number of rotatable bonds is 8. The Bertz CT molecular complexity index is 385. The van der Waals surface area contributed by atoms with Crippen molar-refractivity contribution < 1.29 is 14.3 Å². The van der Waals surface area contributed by atoms with E-state index >= 15 is 0 Å². The number of Topliss-reactive ketones (excluding diaryl/α,β-unsaturated/α-hetero) is 1. The molecule has 0 aliphatic carbocycles. The molecule has 100 valence electrons. The lowest BCUT2D eigenvalue weighted by molar-refractivity contribution is -0.118. The molecule has 3 nitrogen and oxygen atoms in total. The molecule has 0 unspecified atom stereocenters. The minimum absolute atomic E-state index is 0.293. The van der Waals surface area contributed by atoms with E-state index in [1.165, 1.54) is 0 Å². The number of benzene rings is 1. The standard InChI is InChI=1S/C15H22O3/c1-4-13(16)9-7-12-8-10-14(17-5-2)15(11-12)18-6-3/h8,10-11H,4-7,9H2,1-3H3. The van der Waals surface area contributed by atoms with E-state index in [1.54, 1.807) is 0 Å². The van der Waals surface area contributed by atoms with Crippen LogP contribution < -0.4 is 9.47 Å². The quantitative estimate of drug-likeness (QED) is 0.709. The van der Waals surface area contributed by atoms with Crippen molar-refractivity contribution in [3.05, 3.63) is 23.8 Å². The van der Waals surface area contributed by atoms with Gasteiger partial charge < -0.3 is 9.47 Å². The predicted molar refractivity (Wildman–Crippen MR) is 72.4 cm³/mol. The molecule has 18 heavy (non-hydrogen) atoms. The molecule has 0 saturated heterocycles. The molecule has 0 aliphatic heterocycles. The zero-order valence-electron chi connectivity index (χ0n) is 11.5. The van der Waals surface area contributed by atoms with Gasteiger partial charge >= 0.3 is 0 Å². The van der Waals surface area contributed by atoms with Gasteiger partial charge in [0.25, 0.3) is 0 Å². The number of carbonyl (C=O) groups is 1. The summed E-state index contributed by atoms with van der Waals surface area (Å²) in [5.41, 5.74) is 1.11. The van der Waals surface area contributed by atoms with E-state index in [0.29, 0.717) is 31.8 Å². The second-order valence-electron chi connectivity index (χ2n) is 4.04. The van der Waals surface area contributed by atoms with E-state index in [-0.39, 0.29) is 0 Å². The van der Waals surface area contributed by atoms with Crippen LogP contribution in [0.2, 0.25) is 0 Å². The first kappa shape index (κ1) is 14.6. The Hall–Kier alpha value is -1.51. The number of hydrogen-bond donors (Lipinski definition) is 0. The second kappa shape index (κ2) is 7.75. The topological polar surface area (TPSA) is 35.5 Å². The Balaban J connectivity index is 2.75. The number of hydrogen-bond acceptors (Lipinski definition) is 3. The predicted octanol–water partition coefficient (Wildman–Crippen LogP) is 3.40. The molecule has 0 fully saturated rings. The average Bonchev–Trinajstić information content (AvgIpc) is 2.39. The summed E-state index contributed by atoms with van der Waals surface area (Å²) in [4.78, 5) is 11.3. The molecule has 0 atom stereocenters. The molecule has 1 aromatic carbocycles. The van der Waals surface area contributed by atoms with Crippen molar-refractivity contribution in [1.29, 1.82) is 0 Å². The van der Waals surface area contributed by atoms with Gasteiger partial charge in [0, 0.05) is 12.8 Å². The lowest BCUT2D eigenvalue weighted by Gasteiger charge is -2.12. The Morgan fingerprint density at radius 1 is 1.06 bits per heavy atom. The monoisotopic (exact) mass is 250 g/mol. The highest BCUT2D eigenvalue weighted by molar-refractivity contribution is 5.78. The van der Waals surface area contributed by atoms with Crippen LogP contribution in [0.25, 0.3) is 0 Å². The fraction of sp³-hybridized carbons (Fsp3) is 0.533. The van der Waals surface area contributed by atoms with Crippen LogP contribution in [0.4, 0.5) is 0 Å². The first-order chi connectivity index (χ1) is 8.71. The van der Waals surface area contributed by atoms with E-state index in [2.05, 4.69) is 0 Å². The lowest BCUT2D eigenvalue weighted by Crippen LogP contribution is -2.01. The van der Waals surface area contributed by atoms with Crippen LogP contribution in [0.3, 0.4) is 0 Å². The van der Waals surface area contributed by atoms with Crippen molar-refractivity contribution in [3.8, 4) is 11.5 Å². The molecule has 0 heterocycles. The zero-order chi connectivity index (χ0) is 13.4. The maximum absolute atomic E-state index is 11.3. The van der Waals surface area contributed by atoms with E-state index < -0.39 is 0 Å². The fourth-order valence-electron chi connectivity index (χ4n) is 1.71. The smallest absolute Gasteiger partial charge is 0.161 e. The highest BCUT2D eigenvalue weighted by Crippen LogP contribution is 2.29. The lowest BCUT2D eigenvalue weighted by atomic mass is 10.1. The van der Waals surface area contributed by atoms with Crippen molar-refractivity contribution in [1.82, 2.24) is 0 Å². The third-order valence-electron chi connectivity index (χ3n) is 2.69. The molecule has 0 aromatic heterocycles. The molecule has 3 heteroatoms. The maximum atomic E-state index is 11.3. The minimum Gasteiger partial charge on any atom is -0.490 e. The van der Waals surface area contributed by atoms with Crippen LogP contribution in [0, 0.1) is 0 Å². The third-order valence-corrected chi connectivity index (χ3v) is 2.69. The molecule has 0 N–H and O–H groups in total. The van der Waals surface area contributed by atoms with Crippen molar-refractivity contribution in [2.75, 3.05) is 13.2 Å². The highest BCUT2D eigenvalue weighted by Gasteiger charge is 2.07. The van der Waals surface area contributed by atoms with Gasteiger partial charge in [-0.15, -0.1) is 0 Å². The number of aryl methyl sites for hydroxylation is 1. The van der Waals surface area contributed by atoms with E-state index in [4.69, 9.17) is 9.47 Å². The van der Waals surface area contributed by atoms with Crippen molar-refractivity contribution >= 4 is 5.78 Å². The molecule has 0 bridgehead atoms. The van der Waals surface area contributed by atoms with Gasteiger partial charge in [-0.05, 0) is 38.0 Å². The fourth-order valence-corrected chi connectivity index (χ4v) is 1.71. The van der Waals surface area contributed by atoms with Gasteiger partial charge in [0.1, 0.15) is 5.78 Å². The summed E-state index contributed by atoms with van der Waals surface area (Å²) in [6.07, 6.45) is 1.96. The number of ketones is 1. The Kier molecular flexibility index (Phi) is 6.26. The normalized spacial score (nSPS) is 10.2. The van der Waals surface area contributed by atoms with Crippen molar-refractivity contribution in [2.45, 2.75) is 40.0 Å². The van der Waals surface area contributed by atoms with Gasteiger partial charge in [-0.2, -0.15) is 0 Å². The van der Waals surface area contributed by atoms with Crippen LogP contribution in [0.1, 0.15) is 39.2 Å². The largest absolute Gasteiger partial charge is 0.490 e. The second-order valence-corrected chi connectivity index (χ2v) is 4.04. The van der Waals surface area contributed by atoms with Gasteiger partial charge in [-0.25, -0.2) is 0 Å². The van der Waals surface area contributed by atoms with Crippen molar-refractivity contribution in [2.24, 2.45) is 0 Å². The van der Waals surface area contributed by atoms with Gasteiger partial charge in [0.2, 0.25) is 0 Å². The molecular formula is C15H22O3. The summed E-state index contributed by atoms with van der Waals surface area (Å²) in [5, 5.41) is 0. The maximum Gasteiger partial charge on any atom is 0.161 e. The summed E-state index contributed by atoms with van der Waals surface area (Å²) in [7, 11) is 0. The van der Waals surface area contributed by atoms with Crippen molar-refractivity contribution in [3.63, 3.8) is 0 Å². The van der Waals surface area contributed by atoms with Crippen LogP contribution in [-0.2, 0) is 11.2 Å². The van der Waals surface area contributed by atoms with Crippen LogP contribution in [0.15, 0.2) is 18.2 Å². The number of ether oxygens (including phenoxy) is 2.